The smallest absolute Gasteiger partial charge is 0.292 e. The maximum atomic E-state index is 12.4. The Bertz CT molecular complexity index is 840. The molecule has 1 saturated heterocycles. The van der Waals surface area contributed by atoms with Crippen LogP contribution in [-0.2, 0) is 11.3 Å². The van der Waals surface area contributed by atoms with Crippen LogP contribution in [0.3, 0.4) is 0 Å². The fraction of sp³-hybridized carbons (Fsp3) is 0.500. The molecule has 2 aliphatic rings. The van der Waals surface area contributed by atoms with Crippen molar-refractivity contribution in [2.75, 3.05) is 18.0 Å². The number of nitrogens with zero attached hydrogens (tertiary/aromatic N) is 4. The van der Waals surface area contributed by atoms with E-state index in [1.54, 1.807) is 18.2 Å². The minimum Gasteiger partial charge on any atom is -0.366 e. The molecule has 142 valence electrons. The van der Waals surface area contributed by atoms with Crippen molar-refractivity contribution in [1.82, 2.24) is 15.5 Å². The summed E-state index contributed by atoms with van der Waals surface area (Å²) in [5.74, 6) is 1.43. The molecule has 2 fully saturated rings. The molecule has 0 radical (unpaired) electrons. The van der Waals surface area contributed by atoms with Crippen molar-refractivity contribution < 1.29 is 14.2 Å². The Balaban J connectivity index is 1.29. The van der Waals surface area contributed by atoms with Crippen molar-refractivity contribution in [3.63, 3.8) is 0 Å². The number of hydrogen-bond donors (Lipinski definition) is 1. The second-order valence-corrected chi connectivity index (χ2v) is 7.05. The SMILES string of the molecule is O=C(NCc1nc(C2CC2)no1)C1CCN(c2ccccc2[N+](=O)[O-])CC1. The monoisotopic (exact) mass is 371 g/mol. The molecule has 2 aromatic rings. The molecule has 0 unspecified atom stereocenters. The maximum Gasteiger partial charge on any atom is 0.292 e. The van der Waals surface area contributed by atoms with Crippen LogP contribution < -0.4 is 10.2 Å². The Labute approximate surface area is 155 Å². The Morgan fingerprint density at radius 2 is 2.00 bits per heavy atom. The number of nitro groups is 1. The highest BCUT2D eigenvalue weighted by Crippen LogP contribution is 2.38. The summed E-state index contributed by atoms with van der Waals surface area (Å²) < 4.78 is 5.17. The molecule has 0 bridgehead atoms. The van der Waals surface area contributed by atoms with E-state index >= 15 is 0 Å². The second kappa shape index (κ2) is 7.34. The Morgan fingerprint density at radius 1 is 1.26 bits per heavy atom. The minimum atomic E-state index is -0.367. The largest absolute Gasteiger partial charge is 0.366 e. The normalized spacial score (nSPS) is 17.7. The van der Waals surface area contributed by atoms with Gasteiger partial charge in [-0.3, -0.25) is 14.9 Å². The quantitative estimate of drug-likeness (QED) is 0.612. The van der Waals surface area contributed by atoms with E-state index in [2.05, 4.69) is 15.5 Å². The molecule has 9 nitrogen and oxygen atoms in total. The van der Waals surface area contributed by atoms with E-state index < -0.39 is 0 Å². The standard InChI is InChI=1S/C18H21N5O4/c24-18(19-11-16-20-17(21-27-16)12-5-6-12)13-7-9-22(10-8-13)14-3-1-2-4-15(14)23(25)26/h1-4,12-13H,5-11H2,(H,19,24). The van der Waals surface area contributed by atoms with Gasteiger partial charge in [0.25, 0.3) is 5.69 Å². The van der Waals surface area contributed by atoms with Crippen LogP contribution in [-0.4, -0.2) is 34.1 Å². The van der Waals surface area contributed by atoms with E-state index in [1.165, 1.54) is 6.07 Å². The second-order valence-electron chi connectivity index (χ2n) is 7.05. The van der Waals surface area contributed by atoms with Gasteiger partial charge in [-0.1, -0.05) is 17.3 Å². The average Bonchev–Trinajstić information content (AvgIpc) is 3.44. The van der Waals surface area contributed by atoms with Crippen LogP contribution in [0.25, 0.3) is 0 Å². The number of rotatable bonds is 6. The molecule has 0 spiro atoms. The van der Waals surface area contributed by atoms with E-state index in [0.717, 1.165) is 18.7 Å². The third-order valence-electron chi connectivity index (χ3n) is 5.13. The van der Waals surface area contributed by atoms with E-state index in [9.17, 15) is 14.9 Å². The summed E-state index contributed by atoms with van der Waals surface area (Å²) in [6.45, 7) is 1.45. The number of hydrogen-bond acceptors (Lipinski definition) is 7. The molecule has 1 aliphatic carbocycles. The lowest BCUT2D eigenvalue weighted by molar-refractivity contribution is -0.384. The summed E-state index contributed by atoms with van der Waals surface area (Å²) in [4.78, 5) is 29.5. The lowest BCUT2D eigenvalue weighted by atomic mass is 9.95. The van der Waals surface area contributed by atoms with Gasteiger partial charge in [0.1, 0.15) is 5.69 Å². The number of benzene rings is 1. The zero-order valence-corrected chi connectivity index (χ0v) is 14.8. The predicted octanol–water partition coefficient (Wildman–Crippen LogP) is 2.39. The van der Waals surface area contributed by atoms with Crippen LogP contribution in [0.5, 0.6) is 0 Å². The number of para-hydroxylation sites is 2. The van der Waals surface area contributed by atoms with Gasteiger partial charge in [0.2, 0.25) is 11.8 Å². The van der Waals surface area contributed by atoms with Gasteiger partial charge in [-0.05, 0) is 31.7 Å². The zero-order chi connectivity index (χ0) is 18.8. The van der Waals surface area contributed by atoms with Gasteiger partial charge in [0.05, 0.1) is 11.5 Å². The van der Waals surface area contributed by atoms with E-state index in [0.29, 0.717) is 43.4 Å². The van der Waals surface area contributed by atoms with Gasteiger partial charge in [-0.15, -0.1) is 0 Å². The van der Waals surface area contributed by atoms with Crippen LogP contribution in [0.1, 0.15) is 43.3 Å². The summed E-state index contributed by atoms with van der Waals surface area (Å²) in [7, 11) is 0. The highest BCUT2D eigenvalue weighted by atomic mass is 16.6. The number of piperidine rings is 1. The lowest BCUT2D eigenvalue weighted by Crippen LogP contribution is -2.40. The molecule has 2 heterocycles. The number of carbonyl (C=O) groups excluding carboxylic acids is 1. The highest BCUT2D eigenvalue weighted by Gasteiger charge is 2.30. The first-order valence-corrected chi connectivity index (χ1v) is 9.20. The Kier molecular flexibility index (Phi) is 4.74. The number of anilines is 1. The van der Waals surface area contributed by atoms with Gasteiger partial charge in [0.15, 0.2) is 5.82 Å². The molecule has 1 amide bonds. The van der Waals surface area contributed by atoms with Gasteiger partial charge in [0, 0.05) is 31.0 Å². The molecule has 1 N–H and O–H groups in total. The number of amides is 1. The fourth-order valence-corrected chi connectivity index (χ4v) is 3.42. The zero-order valence-electron chi connectivity index (χ0n) is 14.8. The fourth-order valence-electron chi connectivity index (χ4n) is 3.42. The maximum absolute atomic E-state index is 12.4. The number of carbonyl (C=O) groups is 1. The van der Waals surface area contributed by atoms with Gasteiger partial charge in [-0.25, -0.2) is 0 Å². The molecule has 1 saturated carbocycles. The third-order valence-corrected chi connectivity index (χ3v) is 5.13. The summed E-state index contributed by atoms with van der Waals surface area (Å²) in [5, 5.41) is 18.0. The van der Waals surface area contributed by atoms with Crippen molar-refractivity contribution in [1.29, 1.82) is 0 Å². The summed E-state index contributed by atoms with van der Waals surface area (Å²) in [5.41, 5.74) is 0.711. The van der Waals surface area contributed by atoms with Crippen LogP contribution in [0.4, 0.5) is 11.4 Å². The van der Waals surface area contributed by atoms with Crippen molar-refractivity contribution >= 4 is 17.3 Å². The summed E-state index contributed by atoms with van der Waals surface area (Å²) in [6, 6.07) is 6.72. The van der Waals surface area contributed by atoms with Crippen LogP contribution in [0, 0.1) is 16.0 Å². The first kappa shape index (κ1) is 17.4. The Hall–Kier alpha value is -2.97. The average molecular weight is 371 g/mol. The molecule has 9 heteroatoms. The summed E-state index contributed by atoms with van der Waals surface area (Å²) in [6.07, 6.45) is 3.50. The number of nitrogens with one attached hydrogen (secondary N) is 1. The van der Waals surface area contributed by atoms with Crippen molar-refractivity contribution in [2.24, 2.45) is 5.92 Å². The van der Waals surface area contributed by atoms with Crippen molar-refractivity contribution in [3.05, 3.63) is 46.1 Å². The third kappa shape index (κ3) is 3.91. The van der Waals surface area contributed by atoms with E-state index in [-0.39, 0.29) is 29.0 Å². The van der Waals surface area contributed by atoms with Crippen LogP contribution >= 0.6 is 0 Å². The van der Waals surface area contributed by atoms with Gasteiger partial charge in [-0.2, -0.15) is 4.98 Å². The molecule has 1 aromatic carbocycles. The molecular formula is C18H21N5O4. The van der Waals surface area contributed by atoms with E-state index in [1.807, 2.05) is 4.90 Å². The van der Waals surface area contributed by atoms with Crippen molar-refractivity contribution in [2.45, 2.75) is 38.1 Å². The molecular weight excluding hydrogens is 350 g/mol. The summed E-state index contributed by atoms with van der Waals surface area (Å²) >= 11 is 0. The van der Waals surface area contributed by atoms with Crippen LogP contribution in [0.2, 0.25) is 0 Å². The molecule has 0 atom stereocenters. The van der Waals surface area contributed by atoms with Gasteiger partial charge >= 0.3 is 0 Å². The Morgan fingerprint density at radius 3 is 2.70 bits per heavy atom. The lowest BCUT2D eigenvalue weighted by Gasteiger charge is -2.32. The molecule has 4 rings (SSSR count). The highest BCUT2D eigenvalue weighted by molar-refractivity contribution is 5.79. The molecule has 27 heavy (non-hydrogen) atoms. The molecule has 1 aliphatic heterocycles. The first-order valence-electron chi connectivity index (χ1n) is 9.20. The first-order chi connectivity index (χ1) is 13.1. The van der Waals surface area contributed by atoms with Gasteiger partial charge < -0.3 is 14.7 Å². The van der Waals surface area contributed by atoms with Crippen LogP contribution in [0.15, 0.2) is 28.8 Å². The van der Waals surface area contributed by atoms with E-state index in [4.69, 9.17) is 4.52 Å². The van der Waals surface area contributed by atoms with Crippen molar-refractivity contribution in [3.8, 4) is 0 Å². The minimum absolute atomic E-state index is 0.0385. The predicted molar refractivity (Wildman–Crippen MR) is 96.2 cm³/mol. The number of nitro benzene ring substituents is 1. The topological polar surface area (TPSA) is 114 Å². The molecule has 1 aromatic heterocycles. The number of aromatic nitrogens is 2.